The maximum Gasteiger partial charge on any atom is 0.341 e. The number of rotatable bonds is 6. The van der Waals surface area contributed by atoms with E-state index in [1.807, 2.05) is 60.8 Å². The van der Waals surface area contributed by atoms with Gasteiger partial charge in [0.15, 0.2) is 0 Å². The number of esters is 1. The molecule has 0 fully saturated rings. The molecule has 26 heavy (non-hydrogen) atoms. The SMILES string of the molecule is COC(=O)c1ccccc1OCC=C(c1ccccc1)c1cccnc1. The van der Waals surface area contributed by atoms with Crippen LogP contribution in [0, 0.1) is 0 Å². The van der Waals surface area contributed by atoms with E-state index in [1.165, 1.54) is 7.11 Å². The molecule has 0 spiro atoms. The highest BCUT2D eigenvalue weighted by Crippen LogP contribution is 2.23. The number of hydrogen-bond donors (Lipinski definition) is 0. The van der Waals surface area contributed by atoms with E-state index >= 15 is 0 Å². The van der Waals surface area contributed by atoms with Crippen LogP contribution < -0.4 is 4.74 Å². The molecule has 0 aliphatic heterocycles. The summed E-state index contributed by atoms with van der Waals surface area (Å²) < 4.78 is 10.6. The zero-order valence-electron chi connectivity index (χ0n) is 14.5. The molecule has 0 radical (unpaired) electrons. The molecule has 0 atom stereocenters. The summed E-state index contributed by atoms with van der Waals surface area (Å²) in [4.78, 5) is 16.1. The zero-order valence-corrected chi connectivity index (χ0v) is 14.5. The van der Waals surface area contributed by atoms with Crippen molar-refractivity contribution < 1.29 is 14.3 Å². The van der Waals surface area contributed by atoms with Gasteiger partial charge in [-0.25, -0.2) is 4.79 Å². The zero-order chi connectivity index (χ0) is 18.2. The van der Waals surface area contributed by atoms with Gasteiger partial charge in [0.1, 0.15) is 17.9 Å². The van der Waals surface area contributed by atoms with Gasteiger partial charge in [-0.2, -0.15) is 0 Å². The summed E-state index contributed by atoms with van der Waals surface area (Å²) in [5, 5.41) is 0. The van der Waals surface area contributed by atoms with Crippen LogP contribution in [0.15, 0.2) is 85.2 Å². The standard InChI is InChI=1S/C22H19NO3/c1-25-22(24)20-11-5-6-12-21(20)26-15-13-19(17-8-3-2-4-9-17)18-10-7-14-23-16-18/h2-14,16H,15H2,1H3. The molecule has 0 aliphatic carbocycles. The first-order chi connectivity index (χ1) is 12.8. The molecule has 0 saturated carbocycles. The molecule has 4 heteroatoms. The van der Waals surface area contributed by atoms with Crippen LogP contribution in [0.5, 0.6) is 5.75 Å². The van der Waals surface area contributed by atoms with Gasteiger partial charge in [0.2, 0.25) is 0 Å². The first-order valence-corrected chi connectivity index (χ1v) is 8.25. The van der Waals surface area contributed by atoms with Crippen LogP contribution in [0.25, 0.3) is 5.57 Å². The summed E-state index contributed by atoms with van der Waals surface area (Å²) in [6, 6.07) is 21.0. The molecule has 130 valence electrons. The third-order valence-electron chi connectivity index (χ3n) is 3.88. The minimum atomic E-state index is -0.417. The lowest BCUT2D eigenvalue weighted by molar-refractivity contribution is 0.0596. The van der Waals surface area contributed by atoms with Crippen molar-refractivity contribution in [1.29, 1.82) is 0 Å². The summed E-state index contributed by atoms with van der Waals surface area (Å²) in [7, 11) is 1.36. The van der Waals surface area contributed by atoms with Gasteiger partial charge in [0.25, 0.3) is 0 Å². The van der Waals surface area contributed by atoms with E-state index in [-0.39, 0.29) is 0 Å². The van der Waals surface area contributed by atoms with E-state index in [9.17, 15) is 4.79 Å². The third-order valence-corrected chi connectivity index (χ3v) is 3.88. The number of pyridine rings is 1. The van der Waals surface area contributed by atoms with Gasteiger partial charge >= 0.3 is 5.97 Å². The molecule has 4 nitrogen and oxygen atoms in total. The van der Waals surface area contributed by atoms with Crippen LogP contribution in [0.1, 0.15) is 21.5 Å². The van der Waals surface area contributed by atoms with Gasteiger partial charge in [-0.05, 0) is 35.4 Å². The lowest BCUT2D eigenvalue weighted by Gasteiger charge is -2.11. The maximum atomic E-state index is 11.8. The number of methoxy groups -OCH3 is 1. The Morgan fingerprint density at radius 1 is 0.962 bits per heavy atom. The Morgan fingerprint density at radius 3 is 2.42 bits per heavy atom. The first-order valence-electron chi connectivity index (χ1n) is 8.25. The first kappa shape index (κ1) is 17.4. The Labute approximate surface area is 152 Å². The Kier molecular flexibility index (Phi) is 5.78. The highest BCUT2D eigenvalue weighted by molar-refractivity contribution is 5.92. The van der Waals surface area contributed by atoms with E-state index in [4.69, 9.17) is 9.47 Å². The van der Waals surface area contributed by atoms with E-state index in [0.717, 1.165) is 16.7 Å². The van der Waals surface area contributed by atoms with Gasteiger partial charge in [0, 0.05) is 18.0 Å². The average Bonchev–Trinajstić information content (AvgIpc) is 2.72. The largest absolute Gasteiger partial charge is 0.489 e. The fourth-order valence-electron chi connectivity index (χ4n) is 2.63. The van der Waals surface area contributed by atoms with E-state index in [2.05, 4.69) is 4.98 Å². The molecule has 2 aromatic carbocycles. The molecule has 1 heterocycles. The van der Waals surface area contributed by atoms with Crippen LogP contribution >= 0.6 is 0 Å². The van der Waals surface area contributed by atoms with Crippen molar-refractivity contribution in [2.45, 2.75) is 0 Å². The van der Waals surface area contributed by atoms with E-state index in [0.29, 0.717) is 17.9 Å². The number of carbonyl (C=O) groups is 1. The van der Waals surface area contributed by atoms with Crippen molar-refractivity contribution in [3.63, 3.8) is 0 Å². The summed E-state index contributed by atoms with van der Waals surface area (Å²) in [5.41, 5.74) is 3.51. The van der Waals surface area contributed by atoms with Crippen molar-refractivity contribution >= 4 is 11.5 Å². The number of aromatic nitrogens is 1. The van der Waals surface area contributed by atoms with Crippen molar-refractivity contribution in [2.24, 2.45) is 0 Å². The van der Waals surface area contributed by atoms with Gasteiger partial charge < -0.3 is 9.47 Å². The summed E-state index contributed by atoms with van der Waals surface area (Å²) in [6.07, 6.45) is 5.55. The summed E-state index contributed by atoms with van der Waals surface area (Å²) in [6.45, 7) is 0.313. The predicted octanol–water partition coefficient (Wildman–Crippen LogP) is 4.38. The number of ether oxygens (including phenoxy) is 2. The number of para-hydroxylation sites is 1. The molecule has 0 aliphatic rings. The molecule has 0 saturated heterocycles. The van der Waals surface area contributed by atoms with Crippen LogP contribution in [0.3, 0.4) is 0 Å². The Balaban J connectivity index is 1.86. The van der Waals surface area contributed by atoms with Gasteiger partial charge in [-0.15, -0.1) is 0 Å². The van der Waals surface area contributed by atoms with E-state index < -0.39 is 5.97 Å². The number of benzene rings is 2. The quantitative estimate of drug-likeness (QED) is 0.622. The molecule has 3 rings (SSSR count). The number of hydrogen-bond acceptors (Lipinski definition) is 4. The molecule has 3 aromatic rings. The Hall–Kier alpha value is -3.40. The second-order valence-corrected chi connectivity index (χ2v) is 5.52. The normalized spacial score (nSPS) is 11.0. The topological polar surface area (TPSA) is 48.4 Å². The smallest absolute Gasteiger partial charge is 0.341 e. The lowest BCUT2D eigenvalue weighted by Crippen LogP contribution is -2.06. The molecule has 1 aromatic heterocycles. The van der Waals surface area contributed by atoms with Crippen molar-refractivity contribution in [2.75, 3.05) is 13.7 Å². The predicted molar refractivity (Wildman–Crippen MR) is 101 cm³/mol. The second-order valence-electron chi connectivity index (χ2n) is 5.52. The van der Waals surface area contributed by atoms with Gasteiger partial charge in [0.05, 0.1) is 7.11 Å². The van der Waals surface area contributed by atoms with Crippen LogP contribution in [0.2, 0.25) is 0 Å². The average molecular weight is 345 g/mol. The molecule has 0 unspecified atom stereocenters. The molecular formula is C22H19NO3. The highest BCUT2D eigenvalue weighted by Gasteiger charge is 2.12. The second kappa shape index (κ2) is 8.62. The summed E-state index contributed by atoms with van der Waals surface area (Å²) in [5.74, 6) is 0.0781. The van der Waals surface area contributed by atoms with Gasteiger partial charge in [-0.3, -0.25) is 4.98 Å². The van der Waals surface area contributed by atoms with Gasteiger partial charge in [-0.1, -0.05) is 48.5 Å². The monoisotopic (exact) mass is 345 g/mol. The fourth-order valence-corrected chi connectivity index (χ4v) is 2.63. The highest BCUT2D eigenvalue weighted by atomic mass is 16.5. The maximum absolute atomic E-state index is 11.8. The molecule has 0 amide bonds. The minimum absolute atomic E-state index is 0.313. The third kappa shape index (κ3) is 4.16. The minimum Gasteiger partial charge on any atom is -0.489 e. The fraction of sp³-hybridized carbons (Fsp3) is 0.0909. The molecule has 0 bridgehead atoms. The van der Waals surface area contributed by atoms with Crippen LogP contribution in [-0.4, -0.2) is 24.7 Å². The number of nitrogens with zero attached hydrogens (tertiary/aromatic N) is 1. The molecular weight excluding hydrogens is 326 g/mol. The van der Waals surface area contributed by atoms with Crippen molar-refractivity contribution in [1.82, 2.24) is 4.98 Å². The Bertz CT molecular complexity index is 848. The van der Waals surface area contributed by atoms with Crippen molar-refractivity contribution in [3.8, 4) is 5.75 Å². The summed E-state index contributed by atoms with van der Waals surface area (Å²) >= 11 is 0. The van der Waals surface area contributed by atoms with E-state index in [1.54, 1.807) is 24.4 Å². The van der Waals surface area contributed by atoms with Crippen molar-refractivity contribution in [3.05, 3.63) is 102 Å². The van der Waals surface area contributed by atoms with Crippen LogP contribution in [-0.2, 0) is 4.74 Å². The Morgan fingerprint density at radius 2 is 1.69 bits per heavy atom. The lowest BCUT2D eigenvalue weighted by atomic mass is 9.99. The number of carbonyl (C=O) groups excluding carboxylic acids is 1. The molecule has 0 N–H and O–H groups in total. The van der Waals surface area contributed by atoms with Crippen LogP contribution in [0.4, 0.5) is 0 Å².